The molecule has 0 aliphatic rings. The summed E-state index contributed by atoms with van der Waals surface area (Å²) in [5.74, 6) is -0.379. The number of nitrogens with one attached hydrogen (secondary N) is 2. The van der Waals surface area contributed by atoms with E-state index in [9.17, 15) is 9.59 Å². The molecule has 0 fully saturated rings. The number of carbonyl (C=O) groups excluding carboxylic acids is 2. The van der Waals surface area contributed by atoms with Crippen LogP contribution in [0, 0.1) is 12.8 Å². The van der Waals surface area contributed by atoms with Crippen LogP contribution in [0.5, 0.6) is 0 Å². The van der Waals surface area contributed by atoms with Crippen molar-refractivity contribution in [2.45, 2.75) is 46.6 Å². The first kappa shape index (κ1) is 19.7. The smallest absolute Gasteiger partial charge is 0.251 e. The highest BCUT2D eigenvalue weighted by Gasteiger charge is 2.27. The van der Waals surface area contributed by atoms with E-state index < -0.39 is 6.04 Å². The molecule has 26 heavy (non-hydrogen) atoms. The standard InChI is InChI=1S/C22H28N2O2/c1-5-15(3)20(24-21(25)18-12-8-7-9-13-18)22(26)23-19-16(4)11-10-14-17(19)6-2/h7-15,20H,5-6H2,1-4H3,(H,23,26)(H,24,25)/t15-,20-/m0/s1. The Labute approximate surface area is 156 Å². The molecular weight excluding hydrogens is 324 g/mol. The van der Waals surface area contributed by atoms with E-state index in [2.05, 4.69) is 17.6 Å². The van der Waals surface area contributed by atoms with Crippen molar-refractivity contribution in [2.24, 2.45) is 5.92 Å². The number of anilines is 1. The van der Waals surface area contributed by atoms with E-state index in [-0.39, 0.29) is 17.7 Å². The van der Waals surface area contributed by atoms with Crippen LogP contribution in [0.4, 0.5) is 5.69 Å². The van der Waals surface area contributed by atoms with Crippen molar-refractivity contribution in [1.29, 1.82) is 0 Å². The highest BCUT2D eigenvalue weighted by atomic mass is 16.2. The number of amides is 2. The summed E-state index contributed by atoms with van der Waals surface area (Å²) in [6.45, 7) is 8.04. The zero-order valence-electron chi connectivity index (χ0n) is 16.0. The normalized spacial score (nSPS) is 12.9. The van der Waals surface area contributed by atoms with E-state index in [4.69, 9.17) is 0 Å². The van der Waals surface area contributed by atoms with E-state index in [1.54, 1.807) is 12.1 Å². The van der Waals surface area contributed by atoms with E-state index in [1.165, 1.54) is 0 Å². The van der Waals surface area contributed by atoms with Crippen molar-refractivity contribution in [3.8, 4) is 0 Å². The molecule has 2 aromatic carbocycles. The molecule has 0 bridgehead atoms. The summed E-state index contributed by atoms with van der Waals surface area (Å²) in [4.78, 5) is 25.5. The molecule has 4 nitrogen and oxygen atoms in total. The van der Waals surface area contributed by atoms with Crippen LogP contribution < -0.4 is 10.6 Å². The zero-order valence-corrected chi connectivity index (χ0v) is 16.0. The van der Waals surface area contributed by atoms with Crippen LogP contribution in [0.1, 0.15) is 48.7 Å². The minimum absolute atomic E-state index is 0.0248. The fourth-order valence-electron chi connectivity index (χ4n) is 2.92. The molecule has 0 spiro atoms. The summed E-state index contributed by atoms with van der Waals surface area (Å²) in [6, 6.07) is 14.4. The Hall–Kier alpha value is -2.62. The van der Waals surface area contributed by atoms with Gasteiger partial charge in [-0.3, -0.25) is 9.59 Å². The quantitative estimate of drug-likeness (QED) is 0.779. The van der Waals surface area contributed by atoms with E-state index >= 15 is 0 Å². The van der Waals surface area contributed by atoms with E-state index in [0.29, 0.717) is 5.56 Å². The number of aryl methyl sites for hydroxylation is 2. The minimum atomic E-state index is -0.586. The predicted octanol–water partition coefficient (Wildman–Crippen LogP) is 4.34. The number of rotatable bonds is 7. The molecule has 2 aromatic rings. The third kappa shape index (κ3) is 4.72. The second kappa shape index (κ2) is 9.18. The van der Waals surface area contributed by atoms with Crippen molar-refractivity contribution < 1.29 is 9.59 Å². The summed E-state index contributed by atoms with van der Waals surface area (Å²) in [7, 11) is 0. The van der Waals surface area contributed by atoms with Gasteiger partial charge in [0.2, 0.25) is 5.91 Å². The van der Waals surface area contributed by atoms with Crippen LogP contribution in [-0.4, -0.2) is 17.9 Å². The second-order valence-corrected chi connectivity index (χ2v) is 6.65. The Kier molecular flexibility index (Phi) is 6.96. The molecular formula is C22H28N2O2. The second-order valence-electron chi connectivity index (χ2n) is 6.65. The van der Waals surface area contributed by atoms with Gasteiger partial charge in [-0.05, 0) is 42.5 Å². The molecule has 0 saturated carbocycles. The first-order valence-electron chi connectivity index (χ1n) is 9.23. The van der Waals surface area contributed by atoms with Crippen molar-refractivity contribution in [3.63, 3.8) is 0 Å². The van der Waals surface area contributed by atoms with Crippen molar-refractivity contribution in [2.75, 3.05) is 5.32 Å². The van der Waals surface area contributed by atoms with Crippen LogP contribution in [-0.2, 0) is 11.2 Å². The molecule has 138 valence electrons. The van der Waals surface area contributed by atoms with Gasteiger partial charge < -0.3 is 10.6 Å². The van der Waals surface area contributed by atoms with Crippen molar-refractivity contribution >= 4 is 17.5 Å². The molecule has 4 heteroatoms. The maximum Gasteiger partial charge on any atom is 0.251 e. The Morgan fingerprint density at radius 3 is 2.31 bits per heavy atom. The van der Waals surface area contributed by atoms with Crippen LogP contribution in [0.25, 0.3) is 0 Å². The van der Waals surface area contributed by atoms with E-state index in [1.807, 2.05) is 57.2 Å². The first-order valence-corrected chi connectivity index (χ1v) is 9.23. The molecule has 0 unspecified atom stereocenters. The number of benzene rings is 2. The summed E-state index contributed by atoms with van der Waals surface area (Å²) in [6.07, 6.45) is 1.63. The Morgan fingerprint density at radius 1 is 1.00 bits per heavy atom. The minimum Gasteiger partial charge on any atom is -0.340 e. The summed E-state index contributed by atoms with van der Waals surface area (Å²) >= 11 is 0. The van der Waals surface area contributed by atoms with Gasteiger partial charge in [0.15, 0.2) is 0 Å². The fraction of sp³-hybridized carbons (Fsp3) is 0.364. The number of para-hydroxylation sites is 1. The lowest BCUT2D eigenvalue weighted by Gasteiger charge is -2.24. The Bertz CT molecular complexity index is 756. The molecule has 2 amide bonds. The van der Waals surface area contributed by atoms with Crippen LogP contribution in [0.3, 0.4) is 0 Å². The third-order valence-corrected chi connectivity index (χ3v) is 4.81. The molecule has 0 aliphatic carbocycles. The van der Waals surface area contributed by atoms with Gasteiger partial charge in [-0.15, -0.1) is 0 Å². The van der Waals surface area contributed by atoms with Gasteiger partial charge in [0.1, 0.15) is 6.04 Å². The van der Waals surface area contributed by atoms with Gasteiger partial charge in [-0.1, -0.05) is 63.6 Å². The molecule has 0 saturated heterocycles. The maximum atomic E-state index is 13.0. The highest BCUT2D eigenvalue weighted by molar-refractivity contribution is 6.01. The zero-order chi connectivity index (χ0) is 19.1. The average molecular weight is 352 g/mol. The Balaban J connectivity index is 2.22. The molecule has 0 aromatic heterocycles. The van der Waals surface area contributed by atoms with Gasteiger partial charge in [-0.2, -0.15) is 0 Å². The Morgan fingerprint density at radius 2 is 1.69 bits per heavy atom. The summed E-state index contributed by atoms with van der Waals surface area (Å²) in [5.41, 5.74) is 3.52. The third-order valence-electron chi connectivity index (χ3n) is 4.81. The lowest BCUT2D eigenvalue weighted by molar-refractivity contribution is -0.119. The average Bonchev–Trinajstić information content (AvgIpc) is 2.67. The van der Waals surface area contributed by atoms with Gasteiger partial charge in [0.25, 0.3) is 5.91 Å². The van der Waals surface area contributed by atoms with Gasteiger partial charge in [0, 0.05) is 11.3 Å². The highest BCUT2D eigenvalue weighted by Crippen LogP contribution is 2.22. The molecule has 0 radical (unpaired) electrons. The maximum absolute atomic E-state index is 13.0. The number of hydrogen-bond donors (Lipinski definition) is 2. The van der Waals surface area contributed by atoms with Crippen LogP contribution in [0.15, 0.2) is 48.5 Å². The lowest BCUT2D eigenvalue weighted by atomic mass is 9.97. The molecule has 2 rings (SSSR count). The molecule has 0 aliphatic heterocycles. The SMILES string of the molecule is CCc1cccc(C)c1NC(=O)[C@@H](NC(=O)c1ccccc1)[C@@H](C)CC. The summed E-state index contributed by atoms with van der Waals surface area (Å²) < 4.78 is 0. The topological polar surface area (TPSA) is 58.2 Å². The molecule has 2 atom stereocenters. The molecule has 2 N–H and O–H groups in total. The van der Waals surface area contributed by atoms with Gasteiger partial charge >= 0.3 is 0 Å². The van der Waals surface area contributed by atoms with Gasteiger partial charge in [0.05, 0.1) is 0 Å². The number of hydrogen-bond acceptors (Lipinski definition) is 2. The van der Waals surface area contributed by atoms with Crippen LogP contribution in [0.2, 0.25) is 0 Å². The lowest BCUT2D eigenvalue weighted by Crippen LogP contribution is -2.47. The predicted molar refractivity (Wildman–Crippen MR) is 106 cm³/mol. The monoisotopic (exact) mass is 352 g/mol. The van der Waals surface area contributed by atoms with Crippen LogP contribution >= 0.6 is 0 Å². The van der Waals surface area contributed by atoms with Crippen molar-refractivity contribution in [1.82, 2.24) is 5.32 Å². The number of carbonyl (C=O) groups is 2. The summed E-state index contributed by atoms with van der Waals surface area (Å²) in [5, 5.41) is 5.96. The van der Waals surface area contributed by atoms with Crippen molar-refractivity contribution in [3.05, 3.63) is 65.2 Å². The first-order chi connectivity index (χ1) is 12.5. The van der Waals surface area contributed by atoms with E-state index in [0.717, 1.165) is 29.7 Å². The fourth-order valence-corrected chi connectivity index (χ4v) is 2.92. The molecule has 0 heterocycles. The van der Waals surface area contributed by atoms with Gasteiger partial charge in [-0.25, -0.2) is 0 Å². The largest absolute Gasteiger partial charge is 0.340 e.